The molecule has 42 heavy (non-hydrogen) atoms. The van der Waals surface area contributed by atoms with Crippen LogP contribution >= 0.6 is 0 Å². The van der Waals surface area contributed by atoms with Crippen molar-refractivity contribution in [3.8, 4) is 33.4 Å². The average Bonchev–Trinajstić information content (AvgIpc) is 3.43. The van der Waals surface area contributed by atoms with Crippen LogP contribution in [0.4, 0.5) is 0 Å². The highest BCUT2D eigenvalue weighted by Gasteiger charge is 2.36. The second-order valence-corrected chi connectivity index (χ2v) is 13.1. The molecule has 210 valence electrons. The van der Waals surface area contributed by atoms with Gasteiger partial charge < -0.3 is 4.42 Å². The van der Waals surface area contributed by atoms with Gasteiger partial charge in [-0.05, 0) is 113 Å². The van der Waals surface area contributed by atoms with Crippen LogP contribution in [0.1, 0.15) is 71.4 Å². The van der Waals surface area contributed by atoms with Gasteiger partial charge >= 0.3 is 0 Å². The van der Waals surface area contributed by atoms with Crippen molar-refractivity contribution in [2.45, 2.75) is 65.6 Å². The lowest BCUT2D eigenvalue weighted by Crippen LogP contribution is -2.32. The Morgan fingerprint density at radius 2 is 1.36 bits per heavy atom. The number of aryl methyl sites for hydroxylation is 2. The lowest BCUT2D eigenvalue weighted by molar-refractivity contribution is 0.173. The zero-order chi connectivity index (χ0) is 34.1. The molecule has 0 unspecified atom stereocenters. The molecular weight excluding hydrogens is 508 g/mol. The minimum Gasteiger partial charge on any atom is -0.455 e. The molecule has 0 N–H and O–H groups in total. The average molecular weight is 555 g/mol. The Labute approximate surface area is 258 Å². The molecule has 7 rings (SSSR count). The SMILES string of the molecule is [2H]C([2H])([2H])c1ccc(-c2cccc3c2oc2cc(-c4ccccc4)ccc23)cc1-c1ccc(C2(C)CCC(C)(C)CC2)cc1C([2H])([2H])[2H]. The fourth-order valence-electron chi connectivity index (χ4n) is 6.69. The van der Waals surface area contributed by atoms with Gasteiger partial charge in [0.25, 0.3) is 0 Å². The van der Waals surface area contributed by atoms with Crippen LogP contribution in [0.15, 0.2) is 108 Å². The number of hydrogen-bond acceptors (Lipinski definition) is 1. The third-order valence-electron chi connectivity index (χ3n) is 9.65. The van der Waals surface area contributed by atoms with Crippen LogP contribution in [0.2, 0.25) is 0 Å². The number of para-hydroxylation sites is 1. The highest BCUT2D eigenvalue weighted by Crippen LogP contribution is 2.47. The first-order valence-corrected chi connectivity index (χ1v) is 14.9. The summed E-state index contributed by atoms with van der Waals surface area (Å²) in [6.07, 6.45) is 4.09. The smallest absolute Gasteiger partial charge is 0.143 e. The molecule has 1 saturated carbocycles. The van der Waals surface area contributed by atoms with Crippen molar-refractivity contribution < 1.29 is 12.6 Å². The molecule has 1 aliphatic rings. The molecule has 0 atom stereocenters. The zero-order valence-corrected chi connectivity index (χ0v) is 24.6. The van der Waals surface area contributed by atoms with Crippen LogP contribution in [-0.2, 0) is 5.41 Å². The normalized spacial score (nSPS) is 18.9. The van der Waals surface area contributed by atoms with Gasteiger partial charge in [0.2, 0.25) is 0 Å². The van der Waals surface area contributed by atoms with Crippen LogP contribution < -0.4 is 0 Å². The third-order valence-corrected chi connectivity index (χ3v) is 9.65. The van der Waals surface area contributed by atoms with E-state index in [1.807, 2.05) is 60.7 Å². The number of hydrogen-bond donors (Lipinski definition) is 0. The Balaban J connectivity index is 1.38. The van der Waals surface area contributed by atoms with E-state index in [4.69, 9.17) is 12.6 Å². The molecule has 0 aliphatic heterocycles. The summed E-state index contributed by atoms with van der Waals surface area (Å²) in [5.74, 6) is 0. The van der Waals surface area contributed by atoms with Crippen molar-refractivity contribution in [2.24, 2.45) is 5.41 Å². The molecule has 1 heterocycles. The Bertz CT molecular complexity index is 2140. The molecule has 6 aromatic rings. The third kappa shape index (κ3) is 4.66. The molecule has 1 heteroatoms. The Morgan fingerprint density at radius 1 is 0.571 bits per heavy atom. The maximum absolute atomic E-state index is 8.57. The van der Waals surface area contributed by atoms with Crippen LogP contribution in [0.25, 0.3) is 55.3 Å². The van der Waals surface area contributed by atoms with Gasteiger partial charge in [-0.25, -0.2) is 0 Å². The van der Waals surface area contributed by atoms with Crippen molar-refractivity contribution in [3.05, 3.63) is 120 Å². The minimum absolute atomic E-state index is 0.124. The monoisotopic (exact) mass is 554 g/mol. The van der Waals surface area contributed by atoms with Gasteiger partial charge in [-0.15, -0.1) is 0 Å². The molecule has 1 aromatic heterocycles. The molecule has 0 bridgehead atoms. The fourth-order valence-corrected chi connectivity index (χ4v) is 6.69. The molecule has 0 spiro atoms. The van der Waals surface area contributed by atoms with E-state index < -0.39 is 13.7 Å². The summed E-state index contributed by atoms with van der Waals surface area (Å²) in [7, 11) is 0. The molecule has 1 nitrogen and oxygen atoms in total. The first kappa shape index (κ1) is 20.7. The van der Waals surface area contributed by atoms with Gasteiger partial charge in [0, 0.05) is 24.6 Å². The molecule has 1 fully saturated rings. The maximum atomic E-state index is 8.57. The summed E-state index contributed by atoms with van der Waals surface area (Å²) in [5.41, 5.74) is 7.46. The van der Waals surface area contributed by atoms with Crippen molar-refractivity contribution in [1.82, 2.24) is 0 Å². The van der Waals surface area contributed by atoms with E-state index in [-0.39, 0.29) is 22.0 Å². The number of fused-ring (bicyclic) bond motifs is 3. The standard InChI is InChI=1S/C41H40O/c1-27-14-15-31(25-37(27)33-19-17-32(24-28(33)2)41(5)22-20-40(3,4)21-23-41)34-12-9-13-36-35-18-16-30(26-38(35)42-39(34)36)29-10-7-6-8-11-29/h6-19,24-26H,20-23H2,1-5H3/i1D3,2D3. The highest BCUT2D eigenvalue weighted by molar-refractivity contribution is 6.10. The first-order chi connectivity index (χ1) is 22.6. The van der Waals surface area contributed by atoms with Crippen LogP contribution in [0.3, 0.4) is 0 Å². The summed E-state index contributed by atoms with van der Waals surface area (Å²) in [6, 6.07) is 33.3. The van der Waals surface area contributed by atoms with Crippen molar-refractivity contribution in [1.29, 1.82) is 0 Å². The Kier molecular flexibility index (Phi) is 4.94. The summed E-state index contributed by atoms with van der Waals surface area (Å²) in [5, 5.41) is 1.95. The van der Waals surface area contributed by atoms with E-state index in [1.54, 1.807) is 12.1 Å². The minimum atomic E-state index is -2.45. The molecule has 0 radical (unpaired) electrons. The van der Waals surface area contributed by atoms with Gasteiger partial charge in [0.05, 0.1) is 0 Å². The number of furan rings is 1. The van der Waals surface area contributed by atoms with Gasteiger partial charge in [-0.1, -0.05) is 106 Å². The summed E-state index contributed by atoms with van der Waals surface area (Å²) < 4.78 is 57.5. The van der Waals surface area contributed by atoms with Gasteiger partial charge in [-0.3, -0.25) is 0 Å². The lowest BCUT2D eigenvalue weighted by atomic mass is 9.63. The molecule has 0 amide bonds. The van der Waals surface area contributed by atoms with Crippen molar-refractivity contribution in [3.63, 3.8) is 0 Å². The fraction of sp³-hybridized carbons (Fsp3) is 0.268. The van der Waals surface area contributed by atoms with Crippen LogP contribution in [0.5, 0.6) is 0 Å². The van der Waals surface area contributed by atoms with E-state index in [1.165, 1.54) is 0 Å². The van der Waals surface area contributed by atoms with Crippen molar-refractivity contribution >= 4 is 21.9 Å². The van der Waals surface area contributed by atoms with Crippen LogP contribution in [0, 0.1) is 19.1 Å². The summed E-state index contributed by atoms with van der Waals surface area (Å²) in [4.78, 5) is 0. The van der Waals surface area contributed by atoms with Gasteiger partial charge in [0.15, 0.2) is 0 Å². The second-order valence-electron chi connectivity index (χ2n) is 13.1. The summed E-state index contributed by atoms with van der Waals surface area (Å²) in [6.45, 7) is 1.93. The quantitative estimate of drug-likeness (QED) is 0.211. The van der Waals surface area contributed by atoms with E-state index in [0.29, 0.717) is 16.7 Å². The lowest BCUT2D eigenvalue weighted by Gasteiger charge is -2.42. The summed E-state index contributed by atoms with van der Waals surface area (Å²) >= 11 is 0. The molecule has 0 saturated heterocycles. The van der Waals surface area contributed by atoms with E-state index in [0.717, 1.165) is 69.9 Å². The molecular formula is C41H40O. The topological polar surface area (TPSA) is 13.1 Å². The predicted octanol–water partition coefficient (Wildman–Crippen LogP) is 12.1. The van der Waals surface area contributed by atoms with E-state index >= 15 is 0 Å². The first-order valence-electron chi connectivity index (χ1n) is 17.9. The molecule has 1 aliphatic carbocycles. The predicted molar refractivity (Wildman–Crippen MR) is 179 cm³/mol. The molecule has 5 aromatic carbocycles. The Morgan fingerprint density at radius 3 is 2.14 bits per heavy atom. The second kappa shape index (κ2) is 10.0. The van der Waals surface area contributed by atoms with Crippen molar-refractivity contribution in [2.75, 3.05) is 0 Å². The van der Waals surface area contributed by atoms with Gasteiger partial charge in [-0.2, -0.15) is 0 Å². The number of benzene rings is 5. The van der Waals surface area contributed by atoms with E-state index in [2.05, 4.69) is 51.1 Å². The Hall–Kier alpha value is -4.10. The maximum Gasteiger partial charge on any atom is 0.143 e. The van der Waals surface area contributed by atoms with Crippen LogP contribution in [-0.4, -0.2) is 0 Å². The van der Waals surface area contributed by atoms with E-state index in [9.17, 15) is 0 Å². The van der Waals surface area contributed by atoms with Gasteiger partial charge in [0.1, 0.15) is 11.2 Å². The zero-order valence-electron chi connectivity index (χ0n) is 30.6. The largest absolute Gasteiger partial charge is 0.455 e. The number of rotatable bonds is 4. The highest BCUT2D eigenvalue weighted by atomic mass is 16.3.